The Kier molecular flexibility index (Phi) is 4.37. The molecule has 0 heterocycles. The lowest BCUT2D eigenvalue weighted by atomic mass is 10.4. The summed E-state index contributed by atoms with van der Waals surface area (Å²) in [6.45, 7) is -0.632. The van der Waals surface area contributed by atoms with Gasteiger partial charge in [-0.2, -0.15) is 4.31 Å². The monoisotopic (exact) mass is 297 g/mol. The first kappa shape index (κ1) is 14.2. The first-order chi connectivity index (χ1) is 7.73. The zero-order valence-electron chi connectivity index (χ0n) is 8.72. The molecule has 0 aliphatic heterocycles. The number of aliphatic carboxylic acids is 1. The van der Waals surface area contributed by atoms with E-state index in [1.807, 2.05) is 0 Å². The standard InChI is InChI=1S/C9H9Cl2NO4S/c1-12(5-9(13)14)17(15,16)8-3-6(10)2-7(11)4-8/h2-4H,5H2,1H3,(H,13,14). The summed E-state index contributed by atoms with van der Waals surface area (Å²) in [5.41, 5.74) is 0. The van der Waals surface area contributed by atoms with Crippen molar-refractivity contribution in [2.24, 2.45) is 0 Å². The lowest BCUT2D eigenvalue weighted by molar-refractivity contribution is -0.137. The zero-order valence-corrected chi connectivity index (χ0v) is 11.1. The molecule has 0 aliphatic rings. The Morgan fingerprint density at radius 3 is 2.18 bits per heavy atom. The van der Waals surface area contributed by atoms with Crippen LogP contribution in [0.5, 0.6) is 0 Å². The molecule has 94 valence electrons. The van der Waals surface area contributed by atoms with Gasteiger partial charge in [-0.1, -0.05) is 23.2 Å². The minimum Gasteiger partial charge on any atom is -0.480 e. The molecule has 0 unspecified atom stereocenters. The molecule has 0 saturated carbocycles. The van der Waals surface area contributed by atoms with Gasteiger partial charge in [-0.3, -0.25) is 4.79 Å². The number of likely N-dealkylation sites (N-methyl/N-ethyl adjacent to an activating group) is 1. The molecule has 0 aliphatic carbocycles. The highest BCUT2D eigenvalue weighted by molar-refractivity contribution is 7.89. The maximum Gasteiger partial charge on any atom is 0.318 e. The van der Waals surface area contributed by atoms with Gasteiger partial charge < -0.3 is 5.11 Å². The van der Waals surface area contributed by atoms with Gasteiger partial charge in [-0.25, -0.2) is 8.42 Å². The first-order valence-electron chi connectivity index (χ1n) is 4.37. The molecule has 1 aromatic carbocycles. The fourth-order valence-electron chi connectivity index (χ4n) is 1.13. The van der Waals surface area contributed by atoms with E-state index in [2.05, 4.69) is 0 Å². The van der Waals surface area contributed by atoms with E-state index in [0.717, 1.165) is 7.05 Å². The normalized spacial score (nSPS) is 11.8. The second-order valence-corrected chi connectivity index (χ2v) is 6.18. The predicted octanol–water partition coefficient (Wildman–Crippen LogP) is 1.70. The van der Waals surface area contributed by atoms with Crippen molar-refractivity contribution in [2.75, 3.05) is 13.6 Å². The van der Waals surface area contributed by atoms with Crippen LogP contribution in [0.25, 0.3) is 0 Å². The lowest BCUT2D eigenvalue weighted by Crippen LogP contribution is -2.32. The fraction of sp³-hybridized carbons (Fsp3) is 0.222. The Labute approximate surface area is 109 Å². The highest BCUT2D eigenvalue weighted by atomic mass is 35.5. The third-order valence-electron chi connectivity index (χ3n) is 1.90. The van der Waals surface area contributed by atoms with E-state index in [9.17, 15) is 13.2 Å². The Morgan fingerprint density at radius 1 is 1.29 bits per heavy atom. The summed E-state index contributed by atoms with van der Waals surface area (Å²) in [6, 6.07) is 3.81. The molecule has 0 amide bonds. The quantitative estimate of drug-likeness (QED) is 0.918. The van der Waals surface area contributed by atoms with Crippen molar-refractivity contribution in [2.45, 2.75) is 4.90 Å². The number of nitrogens with zero attached hydrogens (tertiary/aromatic N) is 1. The van der Waals surface area contributed by atoms with Crippen LogP contribution in [0, 0.1) is 0 Å². The molecule has 8 heteroatoms. The van der Waals surface area contributed by atoms with Crippen LogP contribution in [0.3, 0.4) is 0 Å². The summed E-state index contributed by atoms with van der Waals surface area (Å²) in [7, 11) is -2.73. The fourth-order valence-corrected chi connectivity index (χ4v) is 2.98. The molecule has 0 spiro atoms. The molecule has 0 atom stereocenters. The van der Waals surface area contributed by atoms with E-state index in [0.29, 0.717) is 4.31 Å². The molecule has 17 heavy (non-hydrogen) atoms. The zero-order chi connectivity index (χ0) is 13.2. The van der Waals surface area contributed by atoms with Gasteiger partial charge in [0.1, 0.15) is 6.54 Å². The van der Waals surface area contributed by atoms with Gasteiger partial charge in [-0.15, -0.1) is 0 Å². The van der Waals surface area contributed by atoms with Crippen molar-refractivity contribution in [1.29, 1.82) is 0 Å². The number of hydrogen-bond acceptors (Lipinski definition) is 3. The highest BCUT2D eigenvalue weighted by Gasteiger charge is 2.23. The molecule has 1 N–H and O–H groups in total. The first-order valence-corrected chi connectivity index (χ1v) is 6.57. The number of sulfonamides is 1. The van der Waals surface area contributed by atoms with Crippen molar-refractivity contribution in [1.82, 2.24) is 4.31 Å². The number of halogens is 2. The molecular weight excluding hydrogens is 289 g/mol. The Morgan fingerprint density at radius 2 is 1.76 bits per heavy atom. The number of benzene rings is 1. The van der Waals surface area contributed by atoms with E-state index >= 15 is 0 Å². The summed E-state index contributed by atoms with van der Waals surface area (Å²) >= 11 is 11.4. The van der Waals surface area contributed by atoms with Crippen molar-refractivity contribution in [3.05, 3.63) is 28.2 Å². The van der Waals surface area contributed by atoms with Gasteiger partial charge in [0.05, 0.1) is 4.90 Å². The Bertz CT molecular complexity index is 524. The average Bonchev–Trinajstić information content (AvgIpc) is 2.14. The smallest absolute Gasteiger partial charge is 0.318 e. The van der Waals surface area contributed by atoms with Crippen LogP contribution in [0.1, 0.15) is 0 Å². The third-order valence-corrected chi connectivity index (χ3v) is 4.12. The Hall–Kier alpha value is -0.820. The molecular formula is C9H9Cl2NO4S. The van der Waals surface area contributed by atoms with Crippen molar-refractivity contribution in [3.63, 3.8) is 0 Å². The SMILES string of the molecule is CN(CC(=O)O)S(=O)(=O)c1cc(Cl)cc(Cl)c1. The van der Waals surface area contributed by atoms with Gasteiger partial charge in [0.2, 0.25) is 10.0 Å². The van der Waals surface area contributed by atoms with Gasteiger partial charge in [0, 0.05) is 17.1 Å². The lowest BCUT2D eigenvalue weighted by Gasteiger charge is -2.15. The minimum atomic E-state index is -3.90. The summed E-state index contributed by atoms with van der Waals surface area (Å²) in [5, 5.41) is 8.88. The van der Waals surface area contributed by atoms with Crippen molar-refractivity contribution >= 4 is 39.2 Å². The summed E-state index contributed by atoms with van der Waals surface area (Å²) < 4.78 is 24.5. The molecule has 1 rings (SSSR count). The van der Waals surface area contributed by atoms with Gasteiger partial charge >= 0.3 is 5.97 Å². The maximum absolute atomic E-state index is 11.9. The molecule has 5 nitrogen and oxygen atoms in total. The van der Waals surface area contributed by atoms with Gasteiger partial charge in [0.15, 0.2) is 0 Å². The van der Waals surface area contributed by atoms with Crippen LogP contribution in [-0.2, 0) is 14.8 Å². The number of carbonyl (C=O) groups is 1. The topological polar surface area (TPSA) is 74.7 Å². The van der Waals surface area contributed by atoms with Crippen LogP contribution in [0.15, 0.2) is 23.1 Å². The van der Waals surface area contributed by atoms with E-state index in [1.165, 1.54) is 18.2 Å². The van der Waals surface area contributed by atoms with Crippen molar-refractivity contribution in [3.8, 4) is 0 Å². The maximum atomic E-state index is 11.9. The molecule has 0 aromatic heterocycles. The second kappa shape index (κ2) is 5.22. The molecule has 0 saturated heterocycles. The highest BCUT2D eigenvalue weighted by Crippen LogP contribution is 2.24. The summed E-state index contributed by atoms with van der Waals surface area (Å²) in [5.74, 6) is -1.25. The summed E-state index contributed by atoms with van der Waals surface area (Å²) in [6.07, 6.45) is 0. The third kappa shape index (κ3) is 3.57. The Balaban J connectivity index is 3.17. The van der Waals surface area contributed by atoms with Crippen LogP contribution < -0.4 is 0 Å². The van der Waals surface area contributed by atoms with Crippen LogP contribution >= 0.6 is 23.2 Å². The molecule has 0 bridgehead atoms. The van der Waals surface area contributed by atoms with E-state index in [-0.39, 0.29) is 14.9 Å². The average molecular weight is 298 g/mol. The molecule has 0 radical (unpaired) electrons. The predicted molar refractivity (Wildman–Crippen MR) is 63.9 cm³/mol. The number of rotatable bonds is 4. The van der Waals surface area contributed by atoms with Crippen LogP contribution in [0.4, 0.5) is 0 Å². The largest absolute Gasteiger partial charge is 0.480 e. The molecule has 1 aromatic rings. The van der Waals surface area contributed by atoms with Crippen LogP contribution in [0.2, 0.25) is 10.0 Å². The number of carboxylic acid groups (broad SMARTS) is 1. The second-order valence-electron chi connectivity index (χ2n) is 3.26. The van der Waals surface area contributed by atoms with Crippen LogP contribution in [-0.4, -0.2) is 37.4 Å². The molecule has 0 fully saturated rings. The minimum absolute atomic E-state index is 0.140. The van der Waals surface area contributed by atoms with E-state index < -0.39 is 22.5 Å². The number of hydrogen-bond donors (Lipinski definition) is 1. The van der Waals surface area contributed by atoms with Gasteiger partial charge in [0.25, 0.3) is 0 Å². The summed E-state index contributed by atoms with van der Waals surface area (Å²) in [4.78, 5) is 10.3. The van der Waals surface area contributed by atoms with Crippen molar-refractivity contribution < 1.29 is 18.3 Å². The van der Waals surface area contributed by atoms with Gasteiger partial charge in [-0.05, 0) is 18.2 Å². The van der Waals surface area contributed by atoms with E-state index in [1.54, 1.807) is 0 Å². The number of carboxylic acids is 1. The van der Waals surface area contributed by atoms with E-state index in [4.69, 9.17) is 28.3 Å².